The number of ether oxygens (including phenoxy) is 1. The summed E-state index contributed by atoms with van der Waals surface area (Å²) >= 11 is 0. The molecule has 1 aliphatic heterocycles. The van der Waals surface area contributed by atoms with E-state index < -0.39 is 18.3 Å². The number of rotatable bonds is 3. The van der Waals surface area contributed by atoms with Crippen LogP contribution in [0.25, 0.3) is 0 Å². The van der Waals surface area contributed by atoms with Crippen LogP contribution in [0, 0.1) is 0 Å². The average molecular weight is 333 g/mol. The molecule has 0 bridgehead atoms. The van der Waals surface area contributed by atoms with Gasteiger partial charge in [-0.25, -0.2) is 9.97 Å². The smallest absolute Gasteiger partial charge is 0.379 e. The molecule has 1 aromatic rings. The Hall–Kier alpha value is -1.41. The van der Waals surface area contributed by atoms with Gasteiger partial charge in [0, 0.05) is 31.6 Å². The van der Waals surface area contributed by atoms with Gasteiger partial charge in [0.1, 0.15) is 11.6 Å². The second-order valence-electron chi connectivity index (χ2n) is 6.92. The topological polar surface area (TPSA) is 58.5 Å². The van der Waals surface area contributed by atoms with Gasteiger partial charge in [0.2, 0.25) is 0 Å². The van der Waals surface area contributed by atoms with Crippen LogP contribution in [0.5, 0.6) is 0 Å². The number of anilines is 1. The number of hydrogen-bond donors (Lipinski definition) is 1. The van der Waals surface area contributed by atoms with Gasteiger partial charge >= 0.3 is 6.18 Å². The zero-order chi connectivity index (χ0) is 17.5. The molecule has 1 aliphatic rings. The Morgan fingerprint density at radius 2 is 1.96 bits per heavy atom. The summed E-state index contributed by atoms with van der Waals surface area (Å²) in [6.07, 6.45) is -5.03. The van der Waals surface area contributed by atoms with Crippen LogP contribution in [0.2, 0.25) is 0 Å². The molecule has 2 heterocycles. The Morgan fingerprint density at radius 1 is 1.30 bits per heavy atom. The van der Waals surface area contributed by atoms with Crippen LogP contribution in [0.3, 0.4) is 0 Å². The maximum Gasteiger partial charge on any atom is 0.418 e. The van der Waals surface area contributed by atoms with E-state index in [0.717, 1.165) is 0 Å². The normalized spacial score (nSPS) is 22.7. The van der Waals surface area contributed by atoms with Gasteiger partial charge in [0.25, 0.3) is 0 Å². The quantitative estimate of drug-likeness (QED) is 0.921. The van der Waals surface area contributed by atoms with Gasteiger partial charge in [0.15, 0.2) is 5.60 Å². The number of β-amino-alcohol motifs (C(OH)–C–C–N with tert-alkyl or cyclic N) is 1. The summed E-state index contributed by atoms with van der Waals surface area (Å²) in [5.41, 5.74) is -2.44. The fourth-order valence-electron chi connectivity index (χ4n) is 2.42. The summed E-state index contributed by atoms with van der Waals surface area (Å²) < 4.78 is 44.0. The van der Waals surface area contributed by atoms with Crippen molar-refractivity contribution in [1.29, 1.82) is 0 Å². The molecule has 0 aliphatic carbocycles. The second kappa shape index (κ2) is 5.90. The summed E-state index contributed by atoms with van der Waals surface area (Å²) in [6, 6.07) is 1.61. The largest absolute Gasteiger partial charge is 0.418 e. The molecule has 0 amide bonds. The Bertz CT molecular complexity index is 572. The van der Waals surface area contributed by atoms with Crippen molar-refractivity contribution in [2.24, 2.45) is 0 Å². The molecule has 1 unspecified atom stereocenters. The van der Waals surface area contributed by atoms with E-state index in [1.165, 1.54) is 12.0 Å². The van der Waals surface area contributed by atoms with Crippen molar-refractivity contribution in [2.75, 3.05) is 25.1 Å². The molecule has 1 fully saturated rings. The highest BCUT2D eigenvalue weighted by molar-refractivity contribution is 5.43. The first-order valence-electron chi connectivity index (χ1n) is 7.38. The van der Waals surface area contributed by atoms with E-state index in [1.807, 2.05) is 20.8 Å². The molecule has 1 saturated heterocycles. The van der Waals surface area contributed by atoms with Crippen molar-refractivity contribution in [1.82, 2.24) is 9.97 Å². The first kappa shape index (κ1) is 17.9. The average Bonchev–Trinajstić information content (AvgIpc) is 2.81. The van der Waals surface area contributed by atoms with Crippen molar-refractivity contribution in [3.05, 3.63) is 17.6 Å². The van der Waals surface area contributed by atoms with Crippen molar-refractivity contribution in [3.63, 3.8) is 0 Å². The zero-order valence-electron chi connectivity index (χ0n) is 13.7. The molecule has 23 heavy (non-hydrogen) atoms. The van der Waals surface area contributed by atoms with Crippen molar-refractivity contribution < 1.29 is 23.0 Å². The lowest BCUT2D eigenvalue weighted by Gasteiger charge is -2.27. The van der Waals surface area contributed by atoms with Crippen molar-refractivity contribution in [3.8, 4) is 0 Å². The van der Waals surface area contributed by atoms with Crippen LogP contribution in [0.4, 0.5) is 19.0 Å². The van der Waals surface area contributed by atoms with Crippen LogP contribution in [-0.2, 0) is 16.8 Å². The maximum atomic E-state index is 13.0. The van der Waals surface area contributed by atoms with E-state index in [-0.39, 0.29) is 25.0 Å². The minimum atomic E-state index is -4.66. The number of aromatic nitrogens is 2. The van der Waals surface area contributed by atoms with Gasteiger partial charge in [-0.1, -0.05) is 20.8 Å². The standard InChI is InChI=1S/C15H22F3N3O2/c1-13(2,3)12-19-10(8-23-4)7-11(20-12)21-6-5-14(22,9-21)15(16,17)18/h7,22H,5-6,8-9H2,1-4H3. The molecule has 0 radical (unpaired) electrons. The van der Waals surface area contributed by atoms with Crippen molar-refractivity contribution >= 4 is 5.82 Å². The Labute approximate surface area is 133 Å². The predicted octanol–water partition coefficient (Wildman–Crippen LogP) is 2.42. The monoisotopic (exact) mass is 333 g/mol. The van der Waals surface area contributed by atoms with Gasteiger partial charge in [-0.05, 0) is 0 Å². The second-order valence-corrected chi connectivity index (χ2v) is 6.92. The lowest BCUT2D eigenvalue weighted by atomic mass is 9.95. The number of halogens is 3. The predicted molar refractivity (Wildman–Crippen MR) is 79.3 cm³/mol. The maximum absolute atomic E-state index is 13.0. The number of hydrogen-bond acceptors (Lipinski definition) is 5. The van der Waals surface area contributed by atoms with E-state index in [0.29, 0.717) is 17.3 Å². The number of alkyl halides is 3. The van der Waals surface area contributed by atoms with Crippen LogP contribution in [0.15, 0.2) is 6.07 Å². The summed E-state index contributed by atoms with van der Waals surface area (Å²) in [6.45, 7) is 5.60. The van der Waals surface area contributed by atoms with Crippen LogP contribution < -0.4 is 4.90 Å². The lowest BCUT2D eigenvalue weighted by molar-refractivity contribution is -0.250. The SMILES string of the molecule is COCc1cc(N2CCC(O)(C(F)(F)F)C2)nc(C(C)(C)C)n1. The molecule has 1 N–H and O–H groups in total. The Kier molecular flexibility index (Phi) is 4.60. The fourth-order valence-corrected chi connectivity index (χ4v) is 2.42. The molecule has 0 saturated carbocycles. The highest BCUT2D eigenvalue weighted by Gasteiger charge is 2.57. The molecule has 0 spiro atoms. The Balaban J connectivity index is 2.35. The molecular formula is C15H22F3N3O2. The molecular weight excluding hydrogens is 311 g/mol. The van der Waals surface area contributed by atoms with E-state index in [9.17, 15) is 18.3 Å². The third-order valence-electron chi connectivity index (χ3n) is 3.83. The molecule has 1 aromatic heterocycles. The van der Waals surface area contributed by atoms with E-state index in [1.54, 1.807) is 6.07 Å². The highest BCUT2D eigenvalue weighted by Crippen LogP contribution is 2.39. The number of nitrogens with zero attached hydrogens (tertiary/aromatic N) is 3. The minimum Gasteiger partial charge on any atom is -0.379 e. The number of aliphatic hydroxyl groups is 1. The van der Waals surface area contributed by atoms with Gasteiger partial charge in [-0.15, -0.1) is 0 Å². The van der Waals surface area contributed by atoms with Crippen LogP contribution in [0.1, 0.15) is 38.7 Å². The fraction of sp³-hybridized carbons (Fsp3) is 0.733. The summed E-state index contributed by atoms with van der Waals surface area (Å²) in [5.74, 6) is 0.918. The van der Waals surface area contributed by atoms with Gasteiger partial charge in [-0.2, -0.15) is 13.2 Å². The van der Waals surface area contributed by atoms with Gasteiger partial charge < -0.3 is 14.7 Å². The molecule has 8 heteroatoms. The lowest BCUT2D eigenvalue weighted by Crippen LogP contribution is -2.47. The zero-order valence-corrected chi connectivity index (χ0v) is 13.7. The molecule has 5 nitrogen and oxygen atoms in total. The first-order chi connectivity index (χ1) is 10.5. The van der Waals surface area contributed by atoms with Crippen molar-refractivity contribution in [2.45, 2.75) is 51.0 Å². The first-order valence-corrected chi connectivity index (χ1v) is 7.38. The van der Waals surface area contributed by atoms with Crippen LogP contribution in [-0.4, -0.2) is 47.1 Å². The molecule has 1 atom stereocenters. The summed E-state index contributed by atoms with van der Waals surface area (Å²) in [4.78, 5) is 10.2. The molecule has 2 rings (SSSR count). The summed E-state index contributed by atoms with van der Waals surface area (Å²) in [7, 11) is 1.52. The van der Waals surface area contributed by atoms with Gasteiger partial charge in [-0.3, -0.25) is 0 Å². The Morgan fingerprint density at radius 3 is 2.43 bits per heavy atom. The van der Waals surface area contributed by atoms with Gasteiger partial charge in [0.05, 0.1) is 18.8 Å². The number of methoxy groups -OCH3 is 1. The molecule has 0 aromatic carbocycles. The van der Waals surface area contributed by atoms with Crippen LogP contribution >= 0.6 is 0 Å². The third-order valence-corrected chi connectivity index (χ3v) is 3.83. The minimum absolute atomic E-state index is 0.0863. The van der Waals surface area contributed by atoms with E-state index >= 15 is 0 Å². The highest BCUT2D eigenvalue weighted by atomic mass is 19.4. The van der Waals surface area contributed by atoms with E-state index in [4.69, 9.17) is 4.74 Å². The third kappa shape index (κ3) is 3.74. The summed E-state index contributed by atoms with van der Waals surface area (Å²) in [5, 5.41) is 9.83. The van der Waals surface area contributed by atoms with E-state index in [2.05, 4.69) is 9.97 Å². The molecule has 130 valence electrons.